The van der Waals surface area contributed by atoms with E-state index >= 15 is 0 Å². The van der Waals surface area contributed by atoms with Crippen LogP contribution in [-0.4, -0.2) is 24.0 Å². The van der Waals surface area contributed by atoms with Crippen molar-refractivity contribution < 1.29 is 9.53 Å². The Morgan fingerprint density at radius 1 is 1.38 bits per heavy atom. The summed E-state index contributed by atoms with van der Waals surface area (Å²) in [5.74, 6) is 0.977. The first-order valence-corrected chi connectivity index (χ1v) is 8.36. The highest BCUT2D eigenvalue weighted by Crippen LogP contribution is 2.21. The molecule has 2 N–H and O–H groups in total. The second kappa shape index (κ2) is 7.93. The van der Waals surface area contributed by atoms with Crippen molar-refractivity contribution in [3.05, 3.63) is 59.9 Å². The molecule has 126 valence electrons. The minimum Gasteiger partial charge on any atom is -0.487 e. The molecule has 5 nitrogen and oxygen atoms in total. The maximum absolute atomic E-state index is 12.2. The standard InChI is InChI=1S/C19H23N3O2/c1-14(22-19(23)16-8-10-20-12-16)15-5-4-7-18(11-15)24-13-17-6-2-3-9-21-17/h2-7,9,11,14,16,20H,8,10,12-13H2,1H3,(H,22,23). The van der Waals surface area contributed by atoms with E-state index in [1.54, 1.807) is 6.20 Å². The lowest BCUT2D eigenvalue weighted by molar-refractivity contribution is -0.125. The van der Waals surface area contributed by atoms with Crippen LogP contribution in [0, 0.1) is 5.92 Å². The van der Waals surface area contributed by atoms with Gasteiger partial charge in [0.25, 0.3) is 0 Å². The van der Waals surface area contributed by atoms with Crippen LogP contribution in [0.15, 0.2) is 48.7 Å². The summed E-state index contributed by atoms with van der Waals surface area (Å²) in [5.41, 5.74) is 1.92. The van der Waals surface area contributed by atoms with E-state index in [1.165, 1.54) is 0 Å². The number of pyridine rings is 1. The fourth-order valence-corrected chi connectivity index (χ4v) is 2.81. The third kappa shape index (κ3) is 4.32. The van der Waals surface area contributed by atoms with E-state index in [0.717, 1.165) is 36.5 Å². The number of hydrogen-bond acceptors (Lipinski definition) is 4. The van der Waals surface area contributed by atoms with Crippen LogP contribution >= 0.6 is 0 Å². The predicted octanol–water partition coefficient (Wildman–Crippen LogP) is 2.45. The van der Waals surface area contributed by atoms with E-state index in [1.807, 2.05) is 49.4 Å². The number of nitrogens with one attached hydrogen (secondary N) is 2. The Morgan fingerprint density at radius 2 is 2.29 bits per heavy atom. The monoisotopic (exact) mass is 325 g/mol. The Labute approximate surface area is 142 Å². The Morgan fingerprint density at radius 3 is 3.04 bits per heavy atom. The third-order valence-electron chi connectivity index (χ3n) is 4.26. The summed E-state index contributed by atoms with van der Waals surface area (Å²) in [6.45, 7) is 4.12. The number of ether oxygens (including phenoxy) is 1. The zero-order valence-corrected chi connectivity index (χ0v) is 13.9. The number of benzene rings is 1. The molecule has 1 aromatic heterocycles. The molecule has 1 aromatic carbocycles. The van der Waals surface area contributed by atoms with Crippen LogP contribution in [0.25, 0.3) is 0 Å². The number of hydrogen-bond donors (Lipinski definition) is 2. The van der Waals surface area contributed by atoms with Crippen molar-refractivity contribution in [2.24, 2.45) is 5.92 Å². The molecule has 0 bridgehead atoms. The first-order valence-electron chi connectivity index (χ1n) is 8.36. The second-order valence-electron chi connectivity index (χ2n) is 6.10. The first kappa shape index (κ1) is 16.5. The number of amides is 1. The Balaban J connectivity index is 1.58. The van der Waals surface area contributed by atoms with E-state index < -0.39 is 0 Å². The molecule has 3 rings (SSSR count). The van der Waals surface area contributed by atoms with Gasteiger partial charge in [0.15, 0.2) is 0 Å². The molecule has 5 heteroatoms. The number of aromatic nitrogens is 1. The molecular formula is C19H23N3O2. The van der Waals surface area contributed by atoms with E-state index in [9.17, 15) is 4.79 Å². The average Bonchev–Trinajstić information content (AvgIpc) is 3.16. The Hall–Kier alpha value is -2.40. The maximum atomic E-state index is 12.2. The Bertz CT molecular complexity index is 669. The molecule has 1 fully saturated rings. The minimum atomic E-state index is -0.0449. The van der Waals surface area contributed by atoms with Crippen LogP contribution in [0.2, 0.25) is 0 Å². The van der Waals surface area contributed by atoms with Gasteiger partial charge >= 0.3 is 0 Å². The van der Waals surface area contributed by atoms with E-state index in [4.69, 9.17) is 4.74 Å². The van der Waals surface area contributed by atoms with Crippen LogP contribution in [-0.2, 0) is 11.4 Å². The molecule has 2 atom stereocenters. The zero-order chi connectivity index (χ0) is 16.8. The Kier molecular flexibility index (Phi) is 5.43. The zero-order valence-electron chi connectivity index (χ0n) is 13.9. The molecule has 1 aliphatic heterocycles. The van der Waals surface area contributed by atoms with Crippen LogP contribution in [0.5, 0.6) is 5.75 Å². The van der Waals surface area contributed by atoms with Crippen molar-refractivity contribution >= 4 is 5.91 Å². The molecular weight excluding hydrogens is 302 g/mol. The lowest BCUT2D eigenvalue weighted by Gasteiger charge is -2.18. The topological polar surface area (TPSA) is 63.2 Å². The van der Waals surface area contributed by atoms with Crippen LogP contribution in [0.3, 0.4) is 0 Å². The van der Waals surface area contributed by atoms with Gasteiger partial charge in [-0.3, -0.25) is 9.78 Å². The van der Waals surface area contributed by atoms with Crippen molar-refractivity contribution in [1.29, 1.82) is 0 Å². The van der Waals surface area contributed by atoms with Crippen molar-refractivity contribution in [1.82, 2.24) is 15.6 Å². The van der Waals surface area contributed by atoms with Gasteiger partial charge in [-0.1, -0.05) is 18.2 Å². The highest BCUT2D eigenvalue weighted by molar-refractivity contribution is 5.79. The molecule has 0 radical (unpaired) electrons. The molecule has 0 aliphatic carbocycles. The normalized spacial score (nSPS) is 18.1. The third-order valence-corrected chi connectivity index (χ3v) is 4.26. The molecule has 1 saturated heterocycles. The molecule has 1 amide bonds. The number of carbonyl (C=O) groups excluding carboxylic acids is 1. The fourth-order valence-electron chi connectivity index (χ4n) is 2.81. The maximum Gasteiger partial charge on any atom is 0.224 e. The smallest absolute Gasteiger partial charge is 0.224 e. The van der Waals surface area contributed by atoms with Gasteiger partial charge in [-0.2, -0.15) is 0 Å². The van der Waals surface area contributed by atoms with Gasteiger partial charge in [-0.05, 0) is 49.7 Å². The SMILES string of the molecule is CC(NC(=O)C1CCNC1)c1cccc(OCc2ccccn2)c1. The molecule has 0 saturated carbocycles. The number of rotatable bonds is 6. The molecule has 2 heterocycles. The number of carbonyl (C=O) groups is 1. The summed E-state index contributed by atoms with van der Waals surface area (Å²) < 4.78 is 5.80. The summed E-state index contributed by atoms with van der Waals surface area (Å²) in [6, 6.07) is 13.6. The van der Waals surface area contributed by atoms with Crippen molar-refractivity contribution in [2.45, 2.75) is 26.0 Å². The van der Waals surface area contributed by atoms with Gasteiger partial charge in [-0.15, -0.1) is 0 Å². The minimum absolute atomic E-state index is 0.0449. The summed E-state index contributed by atoms with van der Waals surface area (Å²) in [7, 11) is 0. The van der Waals surface area contributed by atoms with Crippen molar-refractivity contribution in [2.75, 3.05) is 13.1 Å². The summed E-state index contributed by atoms with van der Waals surface area (Å²) in [4.78, 5) is 16.5. The van der Waals surface area contributed by atoms with E-state index in [0.29, 0.717) is 6.61 Å². The fraction of sp³-hybridized carbons (Fsp3) is 0.368. The van der Waals surface area contributed by atoms with E-state index in [-0.39, 0.29) is 17.9 Å². The second-order valence-corrected chi connectivity index (χ2v) is 6.10. The molecule has 1 aliphatic rings. The van der Waals surface area contributed by atoms with E-state index in [2.05, 4.69) is 15.6 Å². The predicted molar refractivity (Wildman–Crippen MR) is 92.5 cm³/mol. The summed E-state index contributed by atoms with van der Waals surface area (Å²) >= 11 is 0. The molecule has 24 heavy (non-hydrogen) atoms. The first-order chi connectivity index (χ1) is 11.7. The van der Waals surface area contributed by atoms with Gasteiger partial charge in [0.1, 0.15) is 12.4 Å². The van der Waals surface area contributed by atoms with Gasteiger partial charge in [0.05, 0.1) is 17.7 Å². The quantitative estimate of drug-likeness (QED) is 0.856. The molecule has 0 spiro atoms. The lowest BCUT2D eigenvalue weighted by Crippen LogP contribution is -2.33. The molecule has 2 unspecified atom stereocenters. The average molecular weight is 325 g/mol. The summed E-state index contributed by atoms with van der Waals surface area (Å²) in [6.07, 6.45) is 2.66. The van der Waals surface area contributed by atoms with Crippen molar-refractivity contribution in [3.8, 4) is 5.75 Å². The summed E-state index contributed by atoms with van der Waals surface area (Å²) in [5, 5.41) is 6.31. The van der Waals surface area contributed by atoms with Gasteiger partial charge in [0, 0.05) is 12.7 Å². The lowest BCUT2D eigenvalue weighted by atomic mass is 10.0. The van der Waals surface area contributed by atoms with Gasteiger partial charge in [-0.25, -0.2) is 0 Å². The highest BCUT2D eigenvalue weighted by atomic mass is 16.5. The number of nitrogens with zero attached hydrogens (tertiary/aromatic N) is 1. The van der Waals surface area contributed by atoms with Gasteiger partial charge < -0.3 is 15.4 Å². The van der Waals surface area contributed by atoms with Crippen molar-refractivity contribution in [3.63, 3.8) is 0 Å². The highest BCUT2D eigenvalue weighted by Gasteiger charge is 2.23. The van der Waals surface area contributed by atoms with Crippen LogP contribution in [0.4, 0.5) is 0 Å². The van der Waals surface area contributed by atoms with Gasteiger partial charge in [0.2, 0.25) is 5.91 Å². The largest absolute Gasteiger partial charge is 0.487 e. The van der Waals surface area contributed by atoms with Crippen LogP contribution in [0.1, 0.15) is 30.6 Å². The van der Waals surface area contributed by atoms with Crippen LogP contribution < -0.4 is 15.4 Å². The molecule has 2 aromatic rings.